The zero-order valence-electron chi connectivity index (χ0n) is 9.25. The summed E-state index contributed by atoms with van der Waals surface area (Å²) in [6, 6.07) is 5.14. The van der Waals surface area contributed by atoms with Gasteiger partial charge in [0.15, 0.2) is 0 Å². The third kappa shape index (κ3) is 2.75. The number of thiocarbonyl (C=S) groups is 1. The van der Waals surface area contributed by atoms with Gasteiger partial charge in [0.2, 0.25) is 0 Å². The van der Waals surface area contributed by atoms with E-state index in [-0.39, 0.29) is 17.7 Å². The van der Waals surface area contributed by atoms with E-state index in [1.807, 2.05) is 13.0 Å². The molecular formula is C12H16FNS. The van der Waals surface area contributed by atoms with Crippen LogP contribution in [0.25, 0.3) is 0 Å². The molecule has 0 saturated carbocycles. The number of hydrogen-bond acceptors (Lipinski definition) is 1. The zero-order valence-corrected chi connectivity index (χ0v) is 10.1. The lowest BCUT2D eigenvalue weighted by atomic mass is 9.88. The summed E-state index contributed by atoms with van der Waals surface area (Å²) in [5.74, 6) is 0.181. The first-order valence-corrected chi connectivity index (χ1v) is 5.39. The molecular weight excluding hydrogens is 209 g/mol. The van der Waals surface area contributed by atoms with Crippen LogP contribution in [0, 0.1) is 18.7 Å². The number of aryl methyl sites for hydroxylation is 1. The number of hydrogen-bond donors (Lipinski definition) is 1. The van der Waals surface area contributed by atoms with Crippen molar-refractivity contribution in [3.8, 4) is 0 Å². The molecule has 1 aromatic rings. The molecule has 0 bridgehead atoms. The molecule has 0 heterocycles. The molecule has 1 aromatic carbocycles. The Morgan fingerprint density at radius 1 is 1.40 bits per heavy atom. The summed E-state index contributed by atoms with van der Waals surface area (Å²) in [5, 5.41) is 0. The normalized spacial score (nSPS) is 14.7. The van der Waals surface area contributed by atoms with Gasteiger partial charge < -0.3 is 5.73 Å². The molecule has 0 aliphatic carbocycles. The fraction of sp³-hybridized carbons (Fsp3) is 0.417. The van der Waals surface area contributed by atoms with Crippen LogP contribution in [0.1, 0.15) is 30.9 Å². The lowest BCUT2D eigenvalue weighted by Crippen LogP contribution is -2.23. The first-order valence-electron chi connectivity index (χ1n) is 4.99. The number of nitrogens with two attached hydrogens (primary N) is 1. The minimum atomic E-state index is -0.172. The summed E-state index contributed by atoms with van der Waals surface area (Å²) in [6.45, 7) is 5.80. The monoisotopic (exact) mass is 225 g/mol. The molecule has 2 unspecified atom stereocenters. The standard InChI is InChI=1S/C12H16FNS/c1-7-6-10(4-5-11(7)13)8(2)9(3)12(14)15/h4-6,8-9H,1-3H3,(H2,14,15). The second-order valence-electron chi connectivity index (χ2n) is 3.99. The maximum atomic E-state index is 13.1. The maximum Gasteiger partial charge on any atom is 0.126 e. The largest absolute Gasteiger partial charge is 0.393 e. The lowest BCUT2D eigenvalue weighted by molar-refractivity contribution is 0.604. The van der Waals surface area contributed by atoms with Crippen molar-refractivity contribution in [2.45, 2.75) is 26.7 Å². The first-order chi connectivity index (χ1) is 6.93. The van der Waals surface area contributed by atoms with Gasteiger partial charge in [-0.1, -0.05) is 38.2 Å². The minimum absolute atomic E-state index is 0.130. The molecule has 82 valence electrons. The molecule has 3 heteroatoms. The lowest BCUT2D eigenvalue weighted by Gasteiger charge is -2.19. The van der Waals surface area contributed by atoms with E-state index in [4.69, 9.17) is 18.0 Å². The van der Waals surface area contributed by atoms with Gasteiger partial charge in [-0.3, -0.25) is 0 Å². The molecule has 2 atom stereocenters. The van der Waals surface area contributed by atoms with E-state index in [0.29, 0.717) is 10.6 Å². The topological polar surface area (TPSA) is 26.0 Å². The maximum absolute atomic E-state index is 13.1. The highest BCUT2D eigenvalue weighted by Crippen LogP contribution is 2.25. The van der Waals surface area contributed by atoms with Crippen LogP contribution in [0.5, 0.6) is 0 Å². The van der Waals surface area contributed by atoms with Gasteiger partial charge in [0.05, 0.1) is 4.99 Å². The second-order valence-corrected chi connectivity index (χ2v) is 4.46. The van der Waals surface area contributed by atoms with E-state index < -0.39 is 0 Å². The van der Waals surface area contributed by atoms with E-state index in [1.165, 1.54) is 6.07 Å². The summed E-state index contributed by atoms with van der Waals surface area (Å²) >= 11 is 4.96. The van der Waals surface area contributed by atoms with Crippen molar-refractivity contribution in [1.82, 2.24) is 0 Å². The van der Waals surface area contributed by atoms with Gasteiger partial charge in [-0.25, -0.2) is 4.39 Å². The van der Waals surface area contributed by atoms with Crippen molar-refractivity contribution in [3.05, 3.63) is 35.1 Å². The molecule has 0 spiro atoms. The number of halogens is 1. The van der Waals surface area contributed by atoms with E-state index in [2.05, 4.69) is 6.92 Å². The summed E-state index contributed by atoms with van der Waals surface area (Å²) in [4.78, 5) is 0.504. The van der Waals surface area contributed by atoms with Crippen LogP contribution < -0.4 is 5.73 Å². The SMILES string of the molecule is Cc1cc(C(C)C(C)C(N)=S)ccc1F. The summed E-state index contributed by atoms with van der Waals surface area (Å²) in [7, 11) is 0. The number of benzene rings is 1. The highest BCUT2D eigenvalue weighted by atomic mass is 32.1. The van der Waals surface area contributed by atoms with Gasteiger partial charge in [-0.2, -0.15) is 0 Å². The summed E-state index contributed by atoms with van der Waals surface area (Å²) in [5.41, 5.74) is 7.34. The van der Waals surface area contributed by atoms with Crippen LogP contribution in [0.15, 0.2) is 18.2 Å². The van der Waals surface area contributed by atoms with Crippen LogP contribution in [0.2, 0.25) is 0 Å². The van der Waals surface area contributed by atoms with Crippen LogP contribution in [0.3, 0.4) is 0 Å². The Labute approximate surface area is 95.5 Å². The molecule has 0 radical (unpaired) electrons. The predicted molar refractivity (Wildman–Crippen MR) is 65.5 cm³/mol. The highest BCUT2D eigenvalue weighted by Gasteiger charge is 2.17. The Morgan fingerprint density at radius 2 is 2.00 bits per heavy atom. The van der Waals surface area contributed by atoms with Crippen LogP contribution in [0.4, 0.5) is 4.39 Å². The Kier molecular flexibility index (Phi) is 3.80. The zero-order chi connectivity index (χ0) is 11.6. The van der Waals surface area contributed by atoms with Crippen LogP contribution >= 0.6 is 12.2 Å². The van der Waals surface area contributed by atoms with Crippen LogP contribution in [-0.4, -0.2) is 4.99 Å². The average molecular weight is 225 g/mol. The Hall–Kier alpha value is -0.960. The third-order valence-electron chi connectivity index (χ3n) is 2.91. The molecule has 0 aromatic heterocycles. The highest BCUT2D eigenvalue weighted by molar-refractivity contribution is 7.80. The Morgan fingerprint density at radius 3 is 2.47 bits per heavy atom. The van der Waals surface area contributed by atoms with E-state index >= 15 is 0 Å². The van der Waals surface area contributed by atoms with E-state index in [9.17, 15) is 4.39 Å². The molecule has 0 fully saturated rings. The molecule has 1 nitrogen and oxygen atoms in total. The van der Waals surface area contributed by atoms with E-state index in [0.717, 1.165) is 5.56 Å². The van der Waals surface area contributed by atoms with Gasteiger partial charge in [-0.05, 0) is 30.0 Å². The van der Waals surface area contributed by atoms with Crippen molar-refractivity contribution < 1.29 is 4.39 Å². The second kappa shape index (κ2) is 4.71. The van der Waals surface area contributed by atoms with Gasteiger partial charge >= 0.3 is 0 Å². The molecule has 15 heavy (non-hydrogen) atoms. The van der Waals surface area contributed by atoms with Crippen molar-refractivity contribution in [2.24, 2.45) is 11.7 Å². The van der Waals surface area contributed by atoms with E-state index in [1.54, 1.807) is 13.0 Å². The van der Waals surface area contributed by atoms with Crippen molar-refractivity contribution in [2.75, 3.05) is 0 Å². The molecule has 0 aliphatic rings. The molecule has 0 aliphatic heterocycles. The Balaban J connectivity index is 2.96. The number of rotatable bonds is 3. The molecule has 0 amide bonds. The van der Waals surface area contributed by atoms with Gasteiger partial charge in [-0.15, -0.1) is 0 Å². The molecule has 2 N–H and O–H groups in total. The fourth-order valence-electron chi connectivity index (χ4n) is 1.49. The third-order valence-corrected chi connectivity index (χ3v) is 3.28. The van der Waals surface area contributed by atoms with Gasteiger partial charge in [0.25, 0.3) is 0 Å². The first kappa shape index (κ1) is 12.1. The fourth-order valence-corrected chi connectivity index (χ4v) is 1.69. The minimum Gasteiger partial charge on any atom is -0.393 e. The molecule has 1 rings (SSSR count). The average Bonchev–Trinajstić information content (AvgIpc) is 2.19. The smallest absolute Gasteiger partial charge is 0.126 e. The van der Waals surface area contributed by atoms with Crippen molar-refractivity contribution >= 4 is 17.2 Å². The quantitative estimate of drug-likeness (QED) is 0.800. The van der Waals surface area contributed by atoms with Crippen molar-refractivity contribution in [3.63, 3.8) is 0 Å². The summed E-state index contributed by atoms with van der Waals surface area (Å²) in [6.07, 6.45) is 0. The van der Waals surface area contributed by atoms with Crippen LogP contribution in [-0.2, 0) is 0 Å². The van der Waals surface area contributed by atoms with Crippen molar-refractivity contribution in [1.29, 1.82) is 0 Å². The van der Waals surface area contributed by atoms with Gasteiger partial charge in [0, 0.05) is 5.92 Å². The predicted octanol–water partition coefficient (Wildman–Crippen LogP) is 3.16. The summed E-state index contributed by atoms with van der Waals surface area (Å²) < 4.78 is 13.1. The molecule has 0 saturated heterocycles. The van der Waals surface area contributed by atoms with Gasteiger partial charge in [0.1, 0.15) is 5.82 Å². The Bertz CT molecular complexity index is 376.